The standard InChI is InChI=1S/C17H26N2O/c1-17(2,3)14-9-12-7-8-19(6)16(20)15(12)13(10-14)11-18(4)5/h9-10H,7-8,11H2,1-6H3/i6D3. The third-order valence-electron chi connectivity index (χ3n) is 3.72. The number of fused-ring (bicyclic) bond motifs is 1. The van der Waals surface area contributed by atoms with Crippen LogP contribution in [-0.2, 0) is 18.4 Å². The predicted molar refractivity (Wildman–Crippen MR) is 83.2 cm³/mol. The maximum absolute atomic E-state index is 12.8. The highest BCUT2D eigenvalue weighted by molar-refractivity contribution is 5.98. The highest BCUT2D eigenvalue weighted by Crippen LogP contribution is 2.30. The van der Waals surface area contributed by atoms with Gasteiger partial charge in [-0.15, -0.1) is 0 Å². The fourth-order valence-electron chi connectivity index (χ4n) is 2.61. The number of likely N-dealkylation sites (N-methyl/N-ethyl adjacent to an activating group) is 1. The molecule has 0 aliphatic carbocycles. The number of benzene rings is 1. The topological polar surface area (TPSA) is 23.6 Å². The molecule has 1 heterocycles. The number of nitrogens with zero attached hydrogens (tertiary/aromatic N) is 2. The maximum atomic E-state index is 12.8. The van der Waals surface area contributed by atoms with Crippen molar-refractivity contribution in [2.45, 2.75) is 39.2 Å². The fourth-order valence-corrected chi connectivity index (χ4v) is 2.61. The monoisotopic (exact) mass is 277 g/mol. The van der Waals surface area contributed by atoms with Gasteiger partial charge >= 0.3 is 0 Å². The van der Waals surface area contributed by atoms with Crippen molar-refractivity contribution in [3.8, 4) is 0 Å². The van der Waals surface area contributed by atoms with Crippen molar-refractivity contribution < 1.29 is 8.91 Å². The van der Waals surface area contributed by atoms with Crippen molar-refractivity contribution in [1.29, 1.82) is 0 Å². The second-order valence-corrected chi connectivity index (χ2v) is 6.86. The smallest absolute Gasteiger partial charge is 0.254 e. The lowest BCUT2D eigenvalue weighted by atomic mass is 9.81. The summed E-state index contributed by atoms with van der Waals surface area (Å²) in [6.45, 7) is 4.92. The van der Waals surface area contributed by atoms with E-state index in [2.05, 4.69) is 32.9 Å². The number of carbonyl (C=O) groups excluding carboxylic acids is 1. The van der Waals surface area contributed by atoms with Crippen LogP contribution in [0.15, 0.2) is 12.1 Å². The minimum absolute atomic E-state index is 0.0136. The van der Waals surface area contributed by atoms with Gasteiger partial charge in [0.25, 0.3) is 5.91 Å². The van der Waals surface area contributed by atoms with Crippen LogP contribution in [0.3, 0.4) is 0 Å². The van der Waals surface area contributed by atoms with Crippen molar-refractivity contribution in [3.05, 3.63) is 34.4 Å². The van der Waals surface area contributed by atoms with Crippen LogP contribution < -0.4 is 0 Å². The Morgan fingerprint density at radius 3 is 2.60 bits per heavy atom. The van der Waals surface area contributed by atoms with Gasteiger partial charge in [-0.1, -0.05) is 32.9 Å². The summed E-state index contributed by atoms with van der Waals surface area (Å²) in [5.41, 5.74) is 3.63. The van der Waals surface area contributed by atoms with E-state index in [4.69, 9.17) is 4.11 Å². The van der Waals surface area contributed by atoms with Gasteiger partial charge in [0, 0.05) is 29.7 Å². The van der Waals surface area contributed by atoms with E-state index in [1.807, 2.05) is 19.0 Å². The Morgan fingerprint density at radius 2 is 2.05 bits per heavy atom. The van der Waals surface area contributed by atoms with Gasteiger partial charge in [0.1, 0.15) is 0 Å². The van der Waals surface area contributed by atoms with Crippen LogP contribution in [0.4, 0.5) is 0 Å². The molecule has 20 heavy (non-hydrogen) atoms. The number of hydrogen-bond acceptors (Lipinski definition) is 2. The molecule has 0 saturated carbocycles. The minimum Gasteiger partial charge on any atom is -0.341 e. The summed E-state index contributed by atoms with van der Waals surface area (Å²) >= 11 is 0. The van der Waals surface area contributed by atoms with Gasteiger partial charge in [0.05, 0.1) is 0 Å². The Balaban J connectivity index is 2.59. The van der Waals surface area contributed by atoms with E-state index in [-0.39, 0.29) is 17.9 Å². The molecule has 0 N–H and O–H groups in total. The van der Waals surface area contributed by atoms with E-state index in [0.717, 1.165) is 16.0 Å². The van der Waals surface area contributed by atoms with Crippen LogP contribution in [0.1, 0.15) is 51.9 Å². The first kappa shape index (κ1) is 11.3. The molecule has 0 spiro atoms. The highest BCUT2D eigenvalue weighted by Gasteiger charge is 2.27. The molecule has 0 aromatic heterocycles. The number of carbonyl (C=O) groups is 1. The van der Waals surface area contributed by atoms with Crippen LogP contribution in [0.5, 0.6) is 0 Å². The van der Waals surface area contributed by atoms with Gasteiger partial charge in [-0.3, -0.25) is 4.79 Å². The molecule has 2 rings (SSSR count). The van der Waals surface area contributed by atoms with E-state index in [1.54, 1.807) is 0 Å². The molecule has 1 amide bonds. The van der Waals surface area contributed by atoms with Crippen LogP contribution in [0.2, 0.25) is 0 Å². The minimum atomic E-state index is -2.38. The SMILES string of the molecule is [2H]C([2H])([2H])N1CCc2cc(C(C)(C)C)cc(CN(C)C)c2C1=O. The van der Waals surface area contributed by atoms with Crippen molar-refractivity contribution >= 4 is 5.91 Å². The average Bonchev–Trinajstić information content (AvgIpc) is 2.34. The molecule has 1 aliphatic heterocycles. The molecule has 0 saturated heterocycles. The van der Waals surface area contributed by atoms with Crippen molar-refractivity contribution in [2.75, 3.05) is 27.6 Å². The van der Waals surface area contributed by atoms with E-state index >= 15 is 0 Å². The summed E-state index contributed by atoms with van der Waals surface area (Å²) in [6, 6.07) is 4.13. The van der Waals surface area contributed by atoms with E-state index in [9.17, 15) is 4.79 Å². The predicted octanol–water partition coefficient (Wildman–Crippen LogP) is 2.67. The van der Waals surface area contributed by atoms with Crippen molar-refractivity contribution in [2.24, 2.45) is 0 Å². The highest BCUT2D eigenvalue weighted by atomic mass is 16.2. The molecule has 0 fully saturated rings. The maximum Gasteiger partial charge on any atom is 0.254 e. The average molecular weight is 277 g/mol. The Hall–Kier alpha value is -1.35. The van der Waals surface area contributed by atoms with E-state index in [0.29, 0.717) is 18.5 Å². The second kappa shape index (κ2) is 5.21. The molecule has 3 heteroatoms. The Morgan fingerprint density at radius 1 is 1.35 bits per heavy atom. The van der Waals surface area contributed by atoms with Gasteiger partial charge in [-0.05, 0) is 42.6 Å². The fraction of sp³-hybridized carbons (Fsp3) is 0.588. The Bertz CT molecular complexity index is 615. The molecule has 0 radical (unpaired) electrons. The van der Waals surface area contributed by atoms with Crippen LogP contribution >= 0.6 is 0 Å². The van der Waals surface area contributed by atoms with Crippen LogP contribution in [0.25, 0.3) is 0 Å². The molecule has 110 valence electrons. The van der Waals surface area contributed by atoms with E-state index < -0.39 is 6.98 Å². The lowest BCUT2D eigenvalue weighted by Gasteiger charge is -2.30. The molecule has 1 aromatic carbocycles. The summed E-state index contributed by atoms with van der Waals surface area (Å²) < 4.78 is 22.7. The molecule has 1 aliphatic rings. The summed E-state index contributed by atoms with van der Waals surface area (Å²) in [5, 5.41) is 0. The number of rotatable bonds is 2. The first-order valence-electron chi connectivity index (χ1n) is 8.54. The zero-order valence-electron chi connectivity index (χ0n) is 16.1. The van der Waals surface area contributed by atoms with Gasteiger partial charge in [0.2, 0.25) is 0 Å². The normalized spacial score (nSPS) is 18.6. The number of amides is 1. The molecule has 0 unspecified atom stereocenters. The first-order valence-corrected chi connectivity index (χ1v) is 7.04. The Labute approximate surface area is 126 Å². The lowest BCUT2D eigenvalue weighted by molar-refractivity contribution is 0.0778. The number of hydrogen-bond donors (Lipinski definition) is 0. The van der Waals surface area contributed by atoms with Gasteiger partial charge in [-0.2, -0.15) is 0 Å². The third-order valence-corrected chi connectivity index (χ3v) is 3.72. The molecular formula is C17H26N2O. The summed E-state index contributed by atoms with van der Waals surface area (Å²) in [7, 11) is 3.90. The molecule has 0 bridgehead atoms. The third kappa shape index (κ3) is 2.88. The van der Waals surface area contributed by atoms with Gasteiger partial charge in [0.15, 0.2) is 0 Å². The second-order valence-electron chi connectivity index (χ2n) is 6.86. The Kier molecular flexibility index (Phi) is 2.95. The molecule has 3 nitrogen and oxygen atoms in total. The van der Waals surface area contributed by atoms with E-state index in [1.165, 1.54) is 5.56 Å². The summed E-state index contributed by atoms with van der Waals surface area (Å²) in [6.07, 6.45) is 0.587. The zero-order chi connectivity index (χ0) is 17.6. The van der Waals surface area contributed by atoms with Crippen molar-refractivity contribution in [1.82, 2.24) is 9.80 Å². The first-order chi connectivity index (χ1) is 10.4. The molecular weight excluding hydrogens is 248 g/mol. The molecule has 0 atom stereocenters. The molecule has 1 aromatic rings. The quantitative estimate of drug-likeness (QED) is 0.830. The zero-order valence-corrected chi connectivity index (χ0v) is 13.1. The van der Waals surface area contributed by atoms with Gasteiger partial charge in [-0.25, -0.2) is 0 Å². The lowest BCUT2D eigenvalue weighted by Crippen LogP contribution is -2.36. The summed E-state index contributed by atoms with van der Waals surface area (Å²) in [4.78, 5) is 15.8. The van der Waals surface area contributed by atoms with Crippen LogP contribution in [-0.4, -0.2) is 43.3 Å². The van der Waals surface area contributed by atoms with Crippen LogP contribution in [0, 0.1) is 0 Å². The van der Waals surface area contributed by atoms with Gasteiger partial charge < -0.3 is 9.80 Å². The largest absolute Gasteiger partial charge is 0.341 e. The summed E-state index contributed by atoms with van der Waals surface area (Å²) in [5.74, 6) is -0.372. The van der Waals surface area contributed by atoms with Crippen molar-refractivity contribution in [3.63, 3.8) is 0 Å².